The maximum atomic E-state index is 11.8. The van der Waals surface area contributed by atoms with Crippen LogP contribution in [0.15, 0.2) is 23.0 Å². The van der Waals surface area contributed by atoms with Gasteiger partial charge in [0.15, 0.2) is 5.82 Å². The zero-order valence-corrected chi connectivity index (χ0v) is 11.2. The molecule has 1 aromatic heterocycles. The van der Waals surface area contributed by atoms with Crippen LogP contribution in [0.3, 0.4) is 0 Å². The zero-order chi connectivity index (χ0) is 13.5. The third-order valence-electron chi connectivity index (χ3n) is 2.66. The minimum absolute atomic E-state index is 0.330. The van der Waals surface area contributed by atoms with E-state index in [2.05, 4.69) is 10.2 Å². The molecule has 1 heterocycles. The third kappa shape index (κ3) is 2.19. The Hall–Kier alpha value is -1.59. The summed E-state index contributed by atoms with van der Waals surface area (Å²) in [6.07, 6.45) is 0. The van der Waals surface area contributed by atoms with Crippen LogP contribution in [0, 0.1) is 6.92 Å². The summed E-state index contributed by atoms with van der Waals surface area (Å²) in [5, 5.41) is 6.98. The SMILES string of the molecule is Cc1ccc(-n2c(C(C)(C)N)n[nH]c2=O)cc1Cl. The van der Waals surface area contributed by atoms with Gasteiger partial charge < -0.3 is 5.73 Å². The van der Waals surface area contributed by atoms with Crippen LogP contribution in [-0.2, 0) is 5.54 Å². The molecule has 96 valence electrons. The van der Waals surface area contributed by atoms with Crippen LogP contribution < -0.4 is 11.4 Å². The van der Waals surface area contributed by atoms with Gasteiger partial charge in [-0.25, -0.2) is 14.5 Å². The van der Waals surface area contributed by atoms with E-state index >= 15 is 0 Å². The molecule has 0 saturated heterocycles. The van der Waals surface area contributed by atoms with Crippen LogP contribution in [0.2, 0.25) is 5.02 Å². The van der Waals surface area contributed by atoms with E-state index < -0.39 is 5.54 Å². The molecule has 0 amide bonds. The molecular formula is C12H15ClN4O. The van der Waals surface area contributed by atoms with Gasteiger partial charge in [-0.1, -0.05) is 17.7 Å². The number of hydrogen-bond donors (Lipinski definition) is 2. The number of H-pyrrole nitrogens is 1. The maximum Gasteiger partial charge on any atom is 0.347 e. The first kappa shape index (κ1) is 12.9. The Bertz CT molecular complexity index is 636. The van der Waals surface area contributed by atoms with Crippen molar-refractivity contribution >= 4 is 11.6 Å². The highest BCUT2D eigenvalue weighted by molar-refractivity contribution is 6.31. The van der Waals surface area contributed by atoms with Crippen molar-refractivity contribution in [1.29, 1.82) is 0 Å². The number of halogens is 1. The van der Waals surface area contributed by atoms with Crippen molar-refractivity contribution in [3.05, 3.63) is 45.1 Å². The fourth-order valence-electron chi connectivity index (χ4n) is 1.69. The number of rotatable bonds is 2. The van der Waals surface area contributed by atoms with Crippen molar-refractivity contribution in [3.8, 4) is 5.69 Å². The zero-order valence-electron chi connectivity index (χ0n) is 10.5. The van der Waals surface area contributed by atoms with E-state index in [0.29, 0.717) is 16.5 Å². The van der Waals surface area contributed by atoms with Gasteiger partial charge in [-0.2, -0.15) is 5.10 Å². The molecule has 1 aromatic carbocycles. The van der Waals surface area contributed by atoms with E-state index in [-0.39, 0.29) is 5.69 Å². The molecule has 0 saturated carbocycles. The van der Waals surface area contributed by atoms with Crippen molar-refractivity contribution in [2.45, 2.75) is 26.3 Å². The van der Waals surface area contributed by atoms with Crippen molar-refractivity contribution in [2.75, 3.05) is 0 Å². The second kappa shape index (κ2) is 4.26. The van der Waals surface area contributed by atoms with E-state index in [4.69, 9.17) is 17.3 Å². The Morgan fingerprint density at radius 3 is 2.67 bits per heavy atom. The van der Waals surface area contributed by atoms with Crippen LogP contribution in [0.5, 0.6) is 0 Å². The summed E-state index contributed by atoms with van der Waals surface area (Å²) < 4.78 is 1.44. The normalized spacial score (nSPS) is 11.8. The number of nitrogens with zero attached hydrogens (tertiary/aromatic N) is 2. The maximum absolute atomic E-state index is 11.8. The molecule has 0 radical (unpaired) electrons. The topological polar surface area (TPSA) is 76.7 Å². The van der Waals surface area contributed by atoms with E-state index in [1.165, 1.54) is 4.57 Å². The predicted octanol–water partition coefficient (Wildman–Crippen LogP) is 1.72. The van der Waals surface area contributed by atoms with Crippen LogP contribution >= 0.6 is 11.6 Å². The first-order chi connectivity index (χ1) is 8.30. The first-order valence-electron chi connectivity index (χ1n) is 5.54. The van der Waals surface area contributed by atoms with E-state index in [1.54, 1.807) is 19.9 Å². The second-order valence-electron chi connectivity index (χ2n) is 4.84. The summed E-state index contributed by atoms with van der Waals surface area (Å²) in [6.45, 7) is 5.47. The molecule has 2 aromatic rings. The molecule has 6 heteroatoms. The highest BCUT2D eigenvalue weighted by Gasteiger charge is 2.23. The van der Waals surface area contributed by atoms with Gasteiger partial charge in [-0.15, -0.1) is 0 Å². The van der Waals surface area contributed by atoms with E-state index in [9.17, 15) is 4.79 Å². The molecule has 0 aliphatic heterocycles. The van der Waals surface area contributed by atoms with Crippen molar-refractivity contribution < 1.29 is 0 Å². The Kier molecular flexibility index (Phi) is 3.04. The van der Waals surface area contributed by atoms with Crippen LogP contribution in [0.4, 0.5) is 0 Å². The molecule has 0 aliphatic rings. The van der Waals surface area contributed by atoms with Gasteiger partial charge in [0.2, 0.25) is 0 Å². The molecule has 0 spiro atoms. The van der Waals surface area contributed by atoms with Gasteiger partial charge in [0.1, 0.15) is 0 Å². The average molecular weight is 267 g/mol. The number of aryl methyl sites for hydroxylation is 1. The summed E-state index contributed by atoms with van der Waals surface area (Å²) >= 11 is 6.07. The van der Waals surface area contributed by atoms with Crippen molar-refractivity contribution in [1.82, 2.24) is 14.8 Å². The summed E-state index contributed by atoms with van der Waals surface area (Å²) in [5.41, 5.74) is 6.55. The fraction of sp³-hybridized carbons (Fsp3) is 0.333. The first-order valence-corrected chi connectivity index (χ1v) is 5.92. The van der Waals surface area contributed by atoms with Crippen molar-refractivity contribution in [3.63, 3.8) is 0 Å². The quantitative estimate of drug-likeness (QED) is 0.869. The molecule has 3 N–H and O–H groups in total. The minimum atomic E-state index is -0.726. The molecule has 0 atom stereocenters. The summed E-state index contributed by atoms with van der Waals surface area (Å²) in [7, 11) is 0. The second-order valence-corrected chi connectivity index (χ2v) is 5.25. The Morgan fingerprint density at radius 1 is 1.44 bits per heavy atom. The van der Waals surface area contributed by atoms with Gasteiger partial charge >= 0.3 is 5.69 Å². The van der Waals surface area contributed by atoms with Gasteiger partial charge in [-0.05, 0) is 38.5 Å². The number of aromatic nitrogens is 3. The highest BCUT2D eigenvalue weighted by atomic mass is 35.5. The van der Waals surface area contributed by atoms with E-state index in [0.717, 1.165) is 5.56 Å². The average Bonchev–Trinajstić information content (AvgIpc) is 2.64. The molecule has 0 fully saturated rings. The standard InChI is InChI=1S/C12H15ClN4O/c1-7-4-5-8(6-9(7)13)17-10(12(2,3)14)15-16-11(17)18/h4-6H,14H2,1-3H3,(H,16,18). The predicted molar refractivity (Wildman–Crippen MR) is 71.1 cm³/mol. The summed E-state index contributed by atoms with van der Waals surface area (Å²) in [5.74, 6) is 0.465. The number of hydrogen-bond acceptors (Lipinski definition) is 3. The van der Waals surface area contributed by atoms with E-state index in [1.807, 2.05) is 19.1 Å². The number of nitrogens with two attached hydrogens (primary N) is 1. The lowest BCUT2D eigenvalue weighted by Gasteiger charge is -2.18. The number of nitrogens with one attached hydrogen (secondary N) is 1. The fourth-order valence-corrected chi connectivity index (χ4v) is 1.86. The minimum Gasteiger partial charge on any atom is -0.319 e. The van der Waals surface area contributed by atoms with Gasteiger partial charge in [-0.3, -0.25) is 0 Å². The lowest BCUT2D eigenvalue weighted by atomic mass is 10.1. The molecule has 0 aliphatic carbocycles. The van der Waals surface area contributed by atoms with Gasteiger partial charge in [0, 0.05) is 5.02 Å². The summed E-state index contributed by atoms with van der Waals surface area (Å²) in [6, 6.07) is 5.39. The Morgan fingerprint density at radius 2 is 2.11 bits per heavy atom. The highest BCUT2D eigenvalue weighted by Crippen LogP contribution is 2.21. The lowest BCUT2D eigenvalue weighted by molar-refractivity contribution is 0.502. The molecule has 18 heavy (non-hydrogen) atoms. The number of aromatic amines is 1. The van der Waals surface area contributed by atoms with Crippen molar-refractivity contribution in [2.24, 2.45) is 5.73 Å². The van der Waals surface area contributed by atoms with Gasteiger partial charge in [0.05, 0.1) is 11.2 Å². The van der Waals surface area contributed by atoms with Crippen LogP contribution in [-0.4, -0.2) is 14.8 Å². The Balaban J connectivity index is 2.67. The molecule has 0 bridgehead atoms. The third-order valence-corrected chi connectivity index (χ3v) is 3.07. The van der Waals surface area contributed by atoms with Crippen LogP contribution in [0.25, 0.3) is 5.69 Å². The monoisotopic (exact) mass is 266 g/mol. The van der Waals surface area contributed by atoms with Gasteiger partial charge in [0.25, 0.3) is 0 Å². The van der Waals surface area contributed by atoms with Crippen LogP contribution in [0.1, 0.15) is 25.2 Å². The molecular weight excluding hydrogens is 252 g/mol. The smallest absolute Gasteiger partial charge is 0.319 e. The number of benzene rings is 1. The largest absolute Gasteiger partial charge is 0.347 e. The lowest BCUT2D eigenvalue weighted by Crippen LogP contribution is -2.34. The molecule has 2 rings (SSSR count). The Labute approximate surface area is 110 Å². The summed E-state index contributed by atoms with van der Waals surface area (Å²) in [4.78, 5) is 11.8. The molecule has 5 nitrogen and oxygen atoms in total. The molecule has 0 unspecified atom stereocenters.